The Kier molecular flexibility index (Phi) is 5.78. The Morgan fingerprint density at radius 3 is 2.60 bits per heavy atom. The van der Waals surface area contributed by atoms with E-state index in [1.54, 1.807) is 7.11 Å². The molecular weight excluding hydrogens is 318 g/mol. The van der Waals surface area contributed by atoms with Gasteiger partial charge in [0.05, 0.1) is 4.47 Å². The minimum atomic E-state index is -0.306. The molecule has 1 heterocycles. The maximum Gasteiger partial charge on any atom is 0.162 e. The van der Waals surface area contributed by atoms with Gasteiger partial charge in [-0.05, 0) is 35.2 Å². The normalized spacial score (nSPS) is 18.6. The summed E-state index contributed by atoms with van der Waals surface area (Å²) in [6.07, 6.45) is 9.87. The number of aromatic nitrogens is 2. The van der Waals surface area contributed by atoms with Gasteiger partial charge in [0.1, 0.15) is 11.4 Å². The first-order valence-electron chi connectivity index (χ1n) is 7.54. The Morgan fingerprint density at radius 1 is 1.30 bits per heavy atom. The largest absolute Gasteiger partial charge is 0.370 e. The van der Waals surface area contributed by atoms with Crippen molar-refractivity contribution >= 4 is 21.7 Å². The Hall–Kier alpha value is -0.680. The van der Waals surface area contributed by atoms with Crippen LogP contribution in [-0.4, -0.2) is 23.6 Å². The summed E-state index contributed by atoms with van der Waals surface area (Å²) in [6.45, 7) is 3.06. The van der Waals surface area contributed by atoms with Gasteiger partial charge in [-0.3, -0.25) is 0 Å². The molecule has 1 aliphatic rings. The molecule has 1 saturated carbocycles. The predicted octanol–water partition coefficient (Wildman–Crippen LogP) is 4.26. The van der Waals surface area contributed by atoms with Gasteiger partial charge in [0.2, 0.25) is 0 Å². The van der Waals surface area contributed by atoms with E-state index < -0.39 is 0 Å². The molecule has 0 unspecified atom stereocenters. The van der Waals surface area contributed by atoms with Gasteiger partial charge in [-0.2, -0.15) is 0 Å². The van der Waals surface area contributed by atoms with Crippen LogP contribution in [0.3, 0.4) is 0 Å². The third kappa shape index (κ3) is 3.50. The third-order valence-corrected chi connectivity index (χ3v) is 4.58. The highest BCUT2D eigenvalue weighted by molar-refractivity contribution is 9.10. The lowest BCUT2D eigenvalue weighted by molar-refractivity contribution is -0.0350. The first-order chi connectivity index (χ1) is 9.72. The van der Waals surface area contributed by atoms with Crippen LogP contribution >= 0.6 is 15.9 Å². The van der Waals surface area contributed by atoms with E-state index in [9.17, 15) is 0 Å². The van der Waals surface area contributed by atoms with Crippen LogP contribution in [0.25, 0.3) is 0 Å². The van der Waals surface area contributed by atoms with Crippen molar-refractivity contribution in [2.45, 2.75) is 57.5 Å². The van der Waals surface area contributed by atoms with E-state index in [2.05, 4.69) is 33.2 Å². The second kappa shape index (κ2) is 7.36. The van der Waals surface area contributed by atoms with Crippen molar-refractivity contribution in [1.29, 1.82) is 0 Å². The topological polar surface area (TPSA) is 47.0 Å². The molecule has 0 aromatic carbocycles. The van der Waals surface area contributed by atoms with E-state index in [0.29, 0.717) is 0 Å². The fourth-order valence-corrected chi connectivity index (χ4v) is 3.10. The van der Waals surface area contributed by atoms with Gasteiger partial charge in [-0.1, -0.05) is 32.6 Å². The molecule has 0 aliphatic heterocycles. The summed E-state index contributed by atoms with van der Waals surface area (Å²) in [5.74, 6) is 1.70. The third-order valence-electron chi connectivity index (χ3n) is 4.00. The summed E-state index contributed by atoms with van der Waals surface area (Å²) >= 11 is 3.51. The molecule has 0 amide bonds. The fourth-order valence-electron chi connectivity index (χ4n) is 2.77. The van der Waals surface area contributed by atoms with Crippen molar-refractivity contribution in [1.82, 2.24) is 9.97 Å². The molecule has 2 rings (SSSR count). The van der Waals surface area contributed by atoms with Gasteiger partial charge < -0.3 is 10.1 Å². The smallest absolute Gasteiger partial charge is 0.162 e. The van der Waals surface area contributed by atoms with Gasteiger partial charge in [-0.25, -0.2) is 9.97 Å². The van der Waals surface area contributed by atoms with E-state index >= 15 is 0 Å². The van der Waals surface area contributed by atoms with Gasteiger partial charge in [0, 0.05) is 19.9 Å². The number of nitrogens with zero attached hydrogens (tertiary/aromatic N) is 2. The molecule has 1 aliphatic carbocycles. The van der Waals surface area contributed by atoms with Crippen molar-refractivity contribution in [3.8, 4) is 0 Å². The van der Waals surface area contributed by atoms with Crippen LogP contribution in [-0.2, 0) is 10.3 Å². The summed E-state index contributed by atoms with van der Waals surface area (Å²) in [4.78, 5) is 9.26. The minimum Gasteiger partial charge on any atom is -0.370 e. The average Bonchev–Trinajstić information content (AvgIpc) is 2.73. The molecule has 1 aromatic heterocycles. The second-order valence-electron chi connectivity index (χ2n) is 5.43. The van der Waals surface area contributed by atoms with Gasteiger partial charge in [-0.15, -0.1) is 0 Å². The van der Waals surface area contributed by atoms with Crippen LogP contribution in [0.4, 0.5) is 5.82 Å². The monoisotopic (exact) mass is 341 g/mol. The van der Waals surface area contributed by atoms with Crippen molar-refractivity contribution in [2.75, 3.05) is 19.0 Å². The summed E-state index contributed by atoms with van der Waals surface area (Å²) < 4.78 is 6.79. The van der Waals surface area contributed by atoms with Crippen LogP contribution in [0.2, 0.25) is 0 Å². The van der Waals surface area contributed by atoms with E-state index in [1.165, 1.54) is 25.7 Å². The van der Waals surface area contributed by atoms with Crippen molar-refractivity contribution in [3.05, 3.63) is 16.5 Å². The molecule has 20 heavy (non-hydrogen) atoms. The van der Waals surface area contributed by atoms with E-state index in [1.807, 2.05) is 6.20 Å². The molecular formula is C15H24BrN3O. The van der Waals surface area contributed by atoms with Crippen LogP contribution in [0.15, 0.2) is 10.7 Å². The average molecular weight is 342 g/mol. The number of hydrogen-bond donors (Lipinski definition) is 1. The van der Waals surface area contributed by atoms with Crippen LogP contribution in [0.1, 0.15) is 57.7 Å². The second-order valence-corrected chi connectivity index (χ2v) is 6.28. The molecule has 4 nitrogen and oxygen atoms in total. The number of halogens is 1. The van der Waals surface area contributed by atoms with Crippen molar-refractivity contribution in [3.63, 3.8) is 0 Å². The molecule has 0 atom stereocenters. The summed E-state index contributed by atoms with van der Waals surface area (Å²) in [5.41, 5.74) is -0.306. The zero-order chi connectivity index (χ0) is 14.4. The summed E-state index contributed by atoms with van der Waals surface area (Å²) in [6, 6.07) is 0. The predicted molar refractivity (Wildman–Crippen MR) is 84.9 cm³/mol. The minimum absolute atomic E-state index is 0.306. The highest BCUT2D eigenvalue weighted by Crippen LogP contribution is 2.38. The van der Waals surface area contributed by atoms with Crippen LogP contribution in [0, 0.1) is 0 Å². The van der Waals surface area contributed by atoms with Gasteiger partial charge in [0.15, 0.2) is 5.82 Å². The van der Waals surface area contributed by atoms with E-state index in [-0.39, 0.29) is 5.60 Å². The van der Waals surface area contributed by atoms with Gasteiger partial charge >= 0.3 is 0 Å². The number of ether oxygens (including phenoxy) is 1. The quantitative estimate of drug-likeness (QED) is 0.813. The number of anilines is 1. The summed E-state index contributed by atoms with van der Waals surface area (Å²) in [5, 5.41) is 3.35. The number of nitrogens with one attached hydrogen (secondary N) is 1. The molecule has 0 bridgehead atoms. The van der Waals surface area contributed by atoms with E-state index in [0.717, 1.165) is 41.9 Å². The molecule has 0 spiro atoms. The van der Waals surface area contributed by atoms with Crippen molar-refractivity contribution in [2.24, 2.45) is 0 Å². The molecule has 1 aromatic rings. The lowest BCUT2D eigenvalue weighted by Gasteiger charge is -2.30. The number of hydrogen-bond acceptors (Lipinski definition) is 4. The van der Waals surface area contributed by atoms with Crippen LogP contribution < -0.4 is 5.32 Å². The summed E-state index contributed by atoms with van der Waals surface area (Å²) in [7, 11) is 1.79. The molecule has 112 valence electrons. The highest BCUT2D eigenvalue weighted by Gasteiger charge is 2.36. The Balaban J connectivity index is 2.28. The Bertz CT molecular complexity index is 431. The Morgan fingerprint density at radius 2 is 2.00 bits per heavy atom. The standard InChI is InChI=1S/C15H24BrN3O/c1-3-10-17-13-12(16)11-18-14(19-13)15(20-2)8-6-4-5-7-9-15/h11H,3-10H2,1-2H3,(H,17,18,19). The molecule has 1 fully saturated rings. The lowest BCUT2D eigenvalue weighted by atomic mass is 9.93. The van der Waals surface area contributed by atoms with E-state index in [4.69, 9.17) is 9.72 Å². The maximum absolute atomic E-state index is 5.88. The first kappa shape index (κ1) is 15.7. The van der Waals surface area contributed by atoms with Gasteiger partial charge in [0.25, 0.3) is 0 Å². The maximum atomic E-state index is 5.88. The molecule has 1 N–H and O–H groups in total. The zero-order valence-electron chi connectivity index (χ0n) is 12.4. The molecule has 0 saturated heterocycles. The number of rotatable bonds is 5. The van der Waals surface area contributed by atoms with Crippen molar-refractivity contribution < 1.29 is 4.74 Å². The fraction of sp³-hybridized carbons (Fsp3) is 0.733. The lowest BCUT2D eigenvalue weighted by Crippen LogP contribution is -2.30. The van der Waals surface area contributed by atoms with Crippen LogP contribution in [0.5, 0.6) is 0 Å². The SMILES string of the molecule is CCCNc1nc(C2(OC)CCCCCC2)ncc1Br. The zero-order valence-corrected chi connectivity index (χ0v) is 14.0. The molecule has 5 heteroatoms. The highest BCUT2D eigenvalue weighted by atomic mass is 79.9. The first-order valence-corrected chi connectivity index (χ1v) is 8.33. The molecule has 0 radical (unpaired) electrons. The Labute approximate surface area is 129 Å². The number of methoxy groups -OCH3 is 1.